The predicted molar refractivity (Wildman–Crippen MR) is 122 cm³/mol. The van der Waals surface area contributed by atoms with Crippen LogP contribution < -0.4 is 0 Å². The highest BCUT2D eigenvalue weighted by Crippen LogP contribution is 2.26. The van der Waals surface area contributed by atoms with Crippen LogP contribution in [0.4, 0.5) is 0 Å². The number of carbonyl (C=O) groups excluding carboxylic acids is 1. The minimum atomic E-state index is -4.94. The second-order valence-electron chi connectivity index (χ2n) is 9.43. The maximum Gasteiger partial charge on any atom is 0.274 e. The van der Waals surface area contributed by atoms with E-state index < -0.39 is 127 Å². The molecule has 0 radical (unpaired) electrons. The third-order valence-electron chi connectivity index (χ3n) is 6.58. The highest BCUT2D eigenvalue weighted by Gasteiger charge is 2.48. The lowest BCUT2D eigenvalue weighted by molar-refractivity contribution is -0.333. The van der Waals surface area contributed by atoms with Crippen LogP contribution in [0.15, 0.2) is 0 Å². The zero-order valence-electron chi connectivity index (χ0n) is 20.9. The van der Waals surface area contributed by atoms with Gasteiger partial charge in [0.1, 0.15) is 78.5 Å². The molecule has 0 spiro atoms. The number of ether oxygens (including phenoxy) is 4. The summed E-state index contributed by atoms with van der Waals surface area (Å²) in [5.74, 6) is -1.59. The average molecular weight is 613 g/mol. The van der Waals surface area contributed by atoms with Crippen molar-refractivity contribution in [2.45, 2.75) is 98.0 Å². The molecule has 0 amide bonds. The molecular weight excluding hydrogens is 576 g/mol. The maximum atomic E-state index is 11.9. The zero-order valence-corrected chi connectivity index (χ0v) is 21.7. The summed E-state index contributed by atoms with van der Waals surface area (Å²) in [5.41, 5.74) is 0. The van der Waals surface area contributed by atoms with Crippen LogP contribution in [0.25, 0.3) is 0 Å². The topological polar surface area (TPSA) is 331 Å². The van der Waals surface area contributed by atoms with E-state index in [1.54, 1.807) is 0 Å². The second-order valence-corrected chi connectivity index (χ2v) is 11.2. The van der Waals surface area contributed by atoms with Gasteiger partial charge in [-0.1, -0.05) is 0 Å². The van der Waals surface area contributed by atoms with Crippen LogP contribution in [0, 0.1) is 0 Å². The normalized spacial score (nSPS) is 39.2. The fourth-order valence-electron chi connectivity index (χ4n) is 3.85. The molecule has 1 unspecified atom stereocenters. The van der Waals surface area contributed by atoms with Gasteiger partial charge in [0.2, 0.25) is 0 Å². The summed E-state index contributed by atoms with van der Waals surface area (Å²) in [7, 11) is -4.94. The molecule has 20 heteroatoms. The Morgan fingerprint density at radius 3 is 1.75 bits per heavy atom. The molecule has 0 aromatic rings. The zero-order chi connectivity index (χ0) is 30.7. The molecule has 2 heterocycles. The van der Waals surface area contributed by atoms with E-state index in [0.717, 1.165) is 0 Å². The Morgan fingerprint density at radius 1 is 0.775 bits per heavy atom. The van der Waals surface area contributed by atoms with Gasteiger partial charge in [-0.2, -0.15) is 8.42 Å². The first kappa shape index (κ1) is 35.2. The average Bonchev–Trinajstić information content (AvgIpc) is 2.91. The summed E-state index contributed by atoms with van der Waals surface area (Å²) in [5, 5.41) is 107. The van der Waals surface area contributed by atoms with Gasteiger partial charge >= 0.3 is 0 Å². The lowest BCUT2D eigenvalue weighted by Gasteiger charge is -2.42. The molecule has 40 heavy (non-hydrogen) atoms. The van der Waals surface area contributed by atoms with Crippen LogP contribution in [0.1, 0.15) is 6.92 Å². The molecule has 0 aromatic heterocycles. The van der Waals surface area contributed by atoms with Crippen LogP contribution in [0.2, 0.25) is 0 Å². The molecule has 236 valence electrons. The van der Waals surface area contributed by atoms with Crippen molar-refractivity contribution in [3.05, 3.63) is 0 Å². The van der Waals surface area contributed by atoms with Gasteiger partial charge in [0.05, 0.1) is 19.8 Å². The molecule has 2 saturated heterocycles. The van der Waals surface area contributed by atoms with Crippen molar-refractivity contribution in [1.29, 1.82) is 0 Å². The van der Waals surface area contributed by atoms with Gasteiger partial charge in [0, 0.05) is 0 Å². The van der Waals surface area contributed by atoms with Crippen LogP contribution in [-0.2, 0) is 33.9 Å². The Kier molecular flexibility index (Phi) is 12.7. The fraction of sp³-hybridized carbons (Fsp3) is 0.950. The fourth-order valence-corrected chi connectivity index (χ4v) is 4.28. The Balaban J connectivity index is 1.98. The third kappa shape index (κ3) is 8.08. The molecule has 2 fully saturated rings. The van der Waals surface area contributed by atoms with Gasteiger partial charge in [-0.15, -0.1) is 0 Å². The Hall–Kier alpha value is -1.02. The molecule has 0 aromatic carbocycles. The van der Waals surface area contributed by atoms with Crippen molar-refractivity contribution in [3.8, 4) is 0 Å². The predicted octanol–water partition coefficient (Wildman–Crippen LogP) is -8.08. The van der Waals surface area contributed by atoms with Gasteiger partial charge in [0.15, 0.2) is 18.4 Å². The highest BCUT2D eigenvalue weighted by molar-refractivity contribution is 7.87. The smallest absolute Gasteiger partial charge is 0.274 e. The minimum Gasteiger partial charge on any atom is -0.394 e. The van der Waals surface area contributed by atoms with E-state index in [9.17, 15) is 69.4 Å². The maximum absolute atomic E-state index is 11.9. The molecular formula is C20H36O19S. The Morgan fingerprint density at radius 2 is 1.25 bits per heavy atom. The van der Waals surface area contributed by atoms with Crippen molar-refractivity contribution in [1.82, 2.24) is 0 Å². The van der Waals surface area contributed by atoms with Crippen LogP contribution >= 0.6 is 0 Å². The van der Waals surface area contributed by atoms with E-state index in [4.69, 9.17) is 23.5 Å². The first-order valence-corrected chi connectivity index (χ1v) is 13.4. The van der Waals surface area contributed by atoms with Crippen LogP contribution in [0.5, 0.6) is 0 Å². The van der Waals surface area contributed by atoms with Crippen molar-refractivity contribution in [3.63, 3.8) is 0 Å². The number of aliphatic hydroxyl groups is 11. The number of hydrogen-bond acceptors (Lipinski definition) is 18. The largest absolute Gasteiger partial charge is 0.394 e. The quantitative estimate of drug-likeness (QED) is 0.0859. The molecule has 15 atom stereocenters. The van der Waals surface area contributed by atoms with Crippen molar-refractivity contribution >= 4 is 15.9 Å². The van der Waals surface area contributed by atoms with Gasteiger partial charge < -0.3 is 75.1 Å². The summed E-state index contributed by atoms with van der Waals surface area (Å²) in [4.78, 5) is 11.9. The van der Waals surface area contributed by atoms with E-state index in [0.29, 0.717) is 6.92 Å². The van der Waals surface area contributed by atoms with E-state index in [1.165, 1.54) is 0 Å². The molecule has 2 rings (SSSR count). The lowest BCUT2D eigenvalue weighted by Crippen LogP contribution is -2.62. The molecule has 19 nitrogen and oxygen atoms in total. The van der Waals surface area contributed by atoms with E-state index in [1.807, 2.05) is 0 Å². The van der Waals surface area contributed by atoms with E-state index >= 15 is 0 Å². The highest BCUT2D eigenvalue weighted by atomic mass is 32.2. The Labute approximate surface area is 227 Å². The number of rotatable bonds is 13. The minimum absolute atomic E-state index is 0.683. The van der Waals surface area contributed by atoms with Gasteiger partial charge in [0.25, 0.3) is 10.1 Å². The standard InChI is InChI=1S/C20H36O19S/c1-5(40(33,34)35)9(23)13(27)14(28)10(24)6(22)3-36-19-18(32)16(30)12(26)8(39-19)4-37-20-17(31)15(29)11(25)7(2-21)38-20/h5-8,10-22,24-32H,2-4H2,1H3,(H,33,34,35)/t5?,6-,7-,8-,10-,11-,12-,13+,14+,15+,16+,17-,18-,19+,20+/m1/s1. The summed E-state index contributed by atoms with van der Waals surface area (Å²) in [6.45, 7) is -1.71. The monoisotopic (exact) mass is 612 g/mol. The summed E-state index contributed by atoms with van der Waals surface area (Å²) in [6, 6.07) is 0. The number of Topliss-reactive ketones (excluding diaryl/α,β-unsaturated/α-hetero) is 1. The number of ketones is 1. The summed E-state index contributed by atoms with van der Waals surface area (Å²) < 4.78 is 51.8. The van der Waals surface area contributed by atoms with Crippen LogP contribution in [-0.4, -0.2) is 186 Å². The third-order valence-corrected chi connectivity index (χ3v) is 7.71. The SMILES string of the molecule is CC(C(=O)[C@H](O)[C@@H](O)[C@H](O)[C@H](O)CO[C@H]1O[C@H](CO[C@H]2O[C@H](CO)[C@@H](O)[C@H](O)[C@H]2O)[C@@H](O)[C@H](O)[C@H]1O)S(=O)(=O)O. The molecule has 2 aliphatic rings. The summed E-state index contributed by atoms with van der Waals surface area (Å²) in [6.07, 6.45) is -26.7. The summed E-state index contributed by atoms with van der Waals surface area (Å²) >= 11 is 0. The van der Waals surface area contributed by atoms with Gasteiger partial charge in [-0.05, 0) is 6.92 Å². The molecule has 2 aliphatic heterocycles. The van der Waals surface area contributed by atoms with Crippen molar-refractivity contribution in [2.24, 2.45) is 0 Å². The van der Waals surface area contributed by atoms with Crippen molar-refractivity contribution in [2.75, 3.05) is 19.8 Å². The number of aliphatic hydroxyl groups excluding tert-OH is 11. The lowest BCUT2D eigenvalue weighted by atomic mass is 9.98. The van der Waals surface area contributed by atoms with Gasteiger partial charge in [-0.3, -0.25) is 9.35 Å². The Bertz CT molecular complexity index is 917. The van der Waals surface area contributed by atoms with E-state index in [2.05, 4.69) is 0 Å². The number of carbonyl (C=O) groups is 1. The first-order valence-electron chi connectivity index (χ1n) is 11.9. The molecule has 0 bridgehead atoms. The second kappa shape index (κ2) is 14.4. The van der Waals surface area contributed by atoms with Crippen LogP contribution in [0.3, 0.4) is 0 Å². The van der Waals surface area contributed by atoms with Crippen molar-refractivity contribution < 1.29 is 92.9 Å². The van der Waals surface area contributed by atoms with E-state index in [-0.39, 0.29) is 0 Å². The van der Waals surface area contributed by atoms with Gasteiger partial charge in [-0.25, -0.2) is 0 Å². The number of hydrogen-bond donors (Lipinski definition) is 12. The first-order chi connectivity index (χ1) is 18.4. The molecule has 12 N–H and O–H groups in total. The molecule has 0 saturated carbocycles. The molecule has 0 aliphatic carbocycles.